The van der Waals surface area contributed by atoms with E-state index in [2.05, 4.69) is 4.72 Å². The number of sulfonamides is 1. The number of fused-ring (bicyclic) bond motifs is 1. The van der Waals surface area contributed by atoms with Gasteiger partial charge in [0.25, 0.3) is 0 Å². The monoisotopic (exact) mass is 328 g/mol. The third kappa shape index (κ3) is 3.42. The number of hydrogen-bond acceptors (Lipinski definition) is 4. The maximum absolute atomic E-state index is 12.4. The molecule has 0 saturated heterocycles. The maximum Gasteiger partial charge on any atom is 0.216 e. The van der Waals surface area contributed by atoms with Gasteiger partial charge < -0.3 is 5.11 Å². The van der Waals surface area contributed by atoms with Gasteiger partial charge >= 0.3 is 0 Å². The average molecular weight is 328 g/mol. The number of nitrogens with one attached hydrogen (secondary N) is 1. The summed E-state index contributed by atoms with van der Waals surface area (Å²) < 4.78 is 27.4. The molecule has 0 fully saturated rings. The van der Waals surface area contributed by atoms with Crippen molar-refractivity contribution in [2.24, 2.45) is 0 Å². The van der Waals surface area contributed by atoms with E-state index in [0.717, 1.165) is 11.1 Å². The molecule has 0 amide bonds. The van der Waals surface area contributed by atoms with Crippen molar-refractivity contribution in [2.45, 2.75) is 24.3 Å². The van der Waals surface area contributed by atoms with Crippen LogP contribution in [-0.2, 0) is 22.2 Å². The third-order valence-corrected chi connectivity index (χ3v) is 5.25. The molecule has 0 saturated carbocycles. The highest BCUT2D eigenvalue weighted by Gasteiger charge is 2.33. The van der Waals surface area contributed by atoms with Crippen LogP contribution in [0.15, 0.2) is 48.5 Å². The molecular weight excluding hydrogens is 312 g/mol. The fourth-order valence-corrected chi connectivity index (χ4v) is 4.27. The van der Waals surface area contributed by atoms with Crippen molar-refractivity contribution in [3.05, 3.63) is 70.8 Å². The highest BCUT2D eigenvalue weighted by atomic mass is 32.2. The van der Waals surface area contributed by atoms with Gasteiger partial charge in [0.1, 0.15) is 0 Å². The summed E-state index contributed by atoms with van der Waals surface area (Å²) in [6.45, 7) is 0. The Balaban J connectivity index is 1.80. The lowest BCUT2D eigenvalue weighted by Gasteiger charge is -2.18. The molecule has 0 aromatic heterocycles. The van der Waals surface area contributed by atoms with Crippen LogP contribution in [0.3, 0.4) is 0 Å². The second kappa shape index (κ2) is 6.13. The van der Waals surface area contributed by atoms with Crippen LogP contribution in [-0.4, -0.2) is 19.6 Å². The lowest BCUT2D eigenvalue weighted by molar-refractivity contribution is 0.151. The summed E-state index contributed by atoms with van der Waals surface area (Å²) in [6, 6.07) is 15.3. The first-order valence-electron chi connectivity index (χ1n) is 7.23. The third-order valence-electron chi connectivity index (χ3n) is 3.92. The van der Waals surface area contributed by atoms with Crippen molar-refractivity contribution < 1.29 is 13.5 Å². The van der Waals surface area contributed by atoms with Gasteiger partial charge in [-0.05, 0) is 28.8 Å². The molecule has 6 heteroatoms. The van der Waals surface area contributed by atoms with Crippen molar-refractivity contribution in [1.29, 1.82) is 5.26 Å². The van der Waals surface area contributed by atoms with Gasteiger partial charge in [0.2, 0.25) is 10.0 Å². The van der Waals surface area contributed by atoms with Crippen LogP contribution in [0.4, 0.5) is 0 Å². The lowest BCUT2D eigenvalue weighted by Crippen LogP contribution is -2.34. The van der Waals surface area contributed by atoms with E-state index in [9.17, 15) is 13.5 Å². The summed E-state index contributed by atoms with van der Waals surface area (Å²) in [5, 5.41) is 19.0. The molecular formula is C17H16N2O3S. The lowest BCUT2D eigenvalue weighted by atomic mass is 10.1. The van der Waals surface area contributed by atoms with Gasteiger partial charge in [-0.25, -0.2) is 13.1 Å². The van der Waals surface area contributed by atoms with E-state index in [-0.39, 0.29) is 5.75 Å². The Labute approximate surface area is 135 Å². The number of nitrogens with zero attached hydrogens (tertiary/aromatic N) is 1. The molecule has 2 aromatic rings. The van der Waals surface area contributed by atoms with Crippen LogP contribution < -0.4 is 4.72 Å². The Morgan fingerprint density at radius 3 is 2.78 bits per heavy atom. The molecule has 1 aliphatic carbocycles. The molecule has 0 spiro atoms. The zero-order chi connectivity index (χ0) is 16.4. The van der Waals surface area contributed by atoms with Gasteiger partial charge in [-0.1, -0.05) is 36.4 Å². The number of hydrogen-bond donors (Lipinski definition) is 2. The standard InChI is InChI=1S/C17H16N2O3S/c18-10-12-4-3-5-13(8-12)11-23(21,22)19-17-15-7-2-1-6-14(15)9-16(17)20/h1-8,16-17,19-20H,9,11H2. The van der Waals surface area contributed by atoms with Crippen molar-refractivity contribution in [3.8, 4) is 6.07 Å². The summed E-state index contributed by atoms with van der Waals surface area (Å²) in [6.07, 6.45) is -0.333. The SMILES string of the molecule is N#Cc1cccc(CS(=O)(=O)NC2c3ccccc3CC2O)c1. The summed E-state index contributed by atoms with van der Waals surface area (Å²) in [4.78, 5) is 0. The smallest absolute Gasteiger partial charge is 0.216 e. The minimum atomic E-state index is -3.64. The highest BCUT2D eigenvalue weighted by molar-refractivity contribution is 7.88. The van der Waals surface area contributed by atoms with Gasteiger partial charge in [-0.2, -0.15) is 5.26 Å². The topological polar surface area (TPSA) is 90.2 Å². The molecule has 0 aliphatic heterocycles. The minimum absolute atomic E-state index is 0.228. The number of aliphatic hydroxyl groups excluding tert-OH is 1. The molecule has 2 N–H and O–H groups in total. The first-order chi connectivity index (χ1) is 11.0. The van der Waals surface area contributed by atoms with E-state index in [1.807, 2.05) is 30.3 Å². The van der Waals surface area contributed by atoms with Gasteiger partial charge in [0.05, 0.1) is 29.5 Å². The fraction of sp³-hybridized carbons (Fsp3) is 0.235. The van der Waals surface area contributed by atoms with Crippen molar-refractivity contribution in [2.75, 3.05) is 0 Å². The molecule has 0 bridgehead atoms. The predicted octanol–water partition coefficient (Wildman–Crippen LogP) is 1.64. The Morgan fingerprint density at radius 2 is 2.00 bits per heavy atom. The molecule has 0 radical (unpaired) electrons. The van der Waals surface area contributed by atoms with Crippen LogP contribution in [0.5, 0.6) is 0 Å². The second-order valence-corrected chi connectivity index (χ2v) is 7.39. The van der Waals surface area contributed by atoms with Gasteiger partial charge in [0.15, 0.2) is 0 Å². The van der Waals surface area contributed by atoms with E-state index in [4.69, 9.17) is 5.26 Å². The van der Waals surface area contributed by atoms with E-state index < -0.39 is 22.2 Å². The first kappa shape index (κ1) is 15.7. The van der Waals surface area contributed by atoms with Crippen LogP contribution in [0.25, 0.3) is 0 Å². The van der Waals surface area contributed by atoms with Crippen LogP contribution in [0, 0.1) is 11.3 Å². The molecule has 118 valence electrons. The van der Waals surface area contributed by atoms with E-state index >= 15 is 0 Å². The molecule has 2 atom stereocenters. The van der Waals surface area contributed by atoms with Gasteiger partial charge in [0, 0.05) is 6.42 Å². The Kier molecular flexibility index (Phi) is 4.18. The largest absolute Gasteiger partial charge is 0.391 e. The molecule has 2 unspecified atom stereocenters. The number of aliphatic hydroxyl groups is 1. The summed E-state index contributed by atoms with van der Waals surface area (Å²) >= 11 is 0. The average Bonchev–Trinajstić information content (AvgIpc) is 2.82. The minimum Gasteiger partial charge on any atom is -0.391 e. The maximum atomic E-state index is 12.4. The molecule has 0 heterocycles. The normalized spacial score (nSPS) is 20.0. The molecule has 23 heavy (non-hydrogen) atoms. The van der Waals surface area contributed by atoms with E-state index in [0.29, 0.717) is 17.5 Å². The molecule has 3 rings (SSSR count). The number of nitriles is 1. The first-order valence-corrected chi connectivity index (χ1v) is 8.88. The summed E-state index contributed by atoms with van der Waals surface area (Å²) in [7, 11) is -3.64. The van der Waals surface area contributed by atoms with Crippen LogP contribution in [0.2, 0.25) is 0 Å². The van der Waals surface area contributed by atoms with Crippen molar-refractivity contribution >= 4 is 10.0 Å². The van der Waals surface area contributed by atoms with Gasteiger partial charge in [-0.15, -0.1) is 0 Å². The summed E-state index contributed by atoms with van der Waals surface area (Å²) in [5.74, 6) is -0.228. The Morgan fingerprint density at radius 1 is 1.22 bits per heavy atom. The Bertz CT molecular complexity index is 871. The van der Waals surface area contributed by atoms with Crippen molar-refractivity contribution in [3.63, 3.8) is 0 Å². The molecule has 2 aromatic carbocycles. The van der Waals surface area contributed by atoms with Crippen LogP contribution in [0.1, 0.15) is 28.3 Å². The zero-order valence-electron chi connectivity index (χ0n) is 12.3. The number of benzene rings is 2. The summed E-state index contributed by atoms with van der Waals surface area (Å²) in [5.41, 5.74) is 2.73. The van der Waals surface area contributed by atoms with E-state index in [1.165, 1.54) is 0 Å². The second-order valence-electron chi connectivity index (χ2n) is 5.64. The number of rotatable bonds is 4. The predicted molar refractivity (Wildman–Crippen MR) is 85.8 cm³/mol. The Hall–Kier alpha value is -2.20. The zero-order valence-corrected chi connectivity index (χ0v) is 13.1. The van der Waals surface area contributed by atoms with Crippen LogP contribution >= 0.6 is 0 Å². The molecule has 5 nitrogen and oxygen atoms in total. The van der Waals surface area contributed by atoms with Gasteiger partial charge in [-0.3, -0.25) is 0 Å². The fourth-order valence-electron chi connectivity index (χ4n) is 2.90. The molecule has 1 aliphatic rings. The van der Waals surface area contributed by atoms with Crippen molar-refractivity contribution in [1.82, 2.24) is 4.72 Å². The highest BCUT2D eigenvalue weighted by Crippen LogP contribution is 2.32. The van der Waals surface area contributed by atoms with E-state index in [1.54, 1.807) is 24.3 Å². The quantitative estimate of drug-likeness (QED) is 0.892.